The minimum atomic E-state index is -0.254. The van der Waals surface area contributed by atoms with Crippen molar-refractivity contribution in [3.8, 4) is 17.0 Å². The number of halogens is 1. The van der Waals surface area contributed by atoms with Gasteiger partial charge in [-0.3, -0.25) is 0 Å². The van der Waals surface area contributed by atoms with Crippen LogP contribution in [0, 0.1) is 5.82 Å². The molecule has 2 aromatic carbocycles. The lowest BCUT2D eigenvalue weighted by Gasteiger charge is -2.05. The second kappa shape index (κ2) is 6.32. The molecule has 4 aromatic rings. The molecule has 4 rings (SSSR count). The molecule has 0 saturated carbocycles. The van der Waals surface area contributed by atoms with Crippen LogP contribution in [-0.4, -0.2) is 26.7 Å². The molecule has 124 valence electrons. The number of nitrogens with zero attached hydrogens (tertiary/aromatic N) is 4. The van der Waals surface area contributed by atoms with Gasteiger partial charge in [-0.2, -0.15) is 9.50 Å². The monoisotopic (exact) mass is 334 g/mol. The van der Waals surface area contributed by atoms with Crippen molar-refractivity contribution >= 4 is 5.78 Å². The van der Waals surface area contributed by atoms with E-state index in [2.05, 4.69) is 15.1 Å². The van der Waals surface area contributed by atoms with E-state index in [0.29, 0.717) is 18.0 Å². The highest BCUT2D eigenvalue weighted by Gasteiger charge is 2.10. The van der Waals surface area contributed by atoms with Crippen LogP contribution in [0.5, 0.6) is 5.75 Å². The van der Waals surface area contributed by atoms with Gasteiger partial charge in [0.05, 0.1) is 12.8 Å². The number of ether oxygens (including phenoxy) is 1. The van der Waals surface area contributed by atoms with Crippen molar-refractivity contribution in [1.29, 1.82) is 0 Å². The fourth-order valence-electron chi connectivity index (χ4n) is 2.68. The van der Waals surface area contributed by atoms with Crippen LogP contribution in [0.1, 0.15) is 11.4 Å². The third-order valence-corrected chi connectivity index (χ3v) is 3.95. The minimum Gasteiger partial charge on any atom is -0.497 e. The van der Waals surface area contributed by atoms with Crippen LogP contribution in [0.15, 0.2) is 60.8 Å². The van der Waals surface area contributed by atoms with E-state index in [1.54, 1.807) is 30.0 Å². The molecule has 0 aliphatic rings. The molecule has 0 aliphatic heterocycles. The Bertz CT molecular complexity index is 1010. The number of hydrogen-bond acceptors (Lipinski definition) is 4. The third-order valence-electron chi connectivity index (χ3n) is 3.95. The summed E-state index contributed by atoms with van der Waals surface area (Å²) in [7, 11) is 1.64. The molecule has 6 heteroatoms. The average Bonchev–Trinajstić information content (AvgIpc) is 3.06. The zero-order chi connectivity index (χ0) is 17.2. The molecule has 0 fully saturated rings. The van der Waals surface area contributed by atoms with Gasteiger partial charge in [-0.05, 0) is 48.0 Å². The maximum atomic E-state index is 13.0. The largest absolute Gasteiger partial charge is 0.497 e. The van der Waals surface area contributed by atoms with Gasteiger partial charge in [0, 0.05) is 18.2 Å². The molecular formula is C19H15FN4O. The SMILES string of the molecule is COc1ccc(-c2ccnc3nc(Cc4ccc(F)cc4)nn23)cc1. The second-order valence-electron chi connectivity index (χ2n) is 5.60. The number of aromatic nitrogens is 4. The summed E-state index contributed by atoms with van der Waals surface area (Å²) in [5, 5.41) is 4.57. The maximum absolute atomic E-state index is 13.0. The predicted octanol–water partition coefficient (Wildman–Crippen LogP) is 3.53. The summed E-state index contributed by atoms with van der Waals surface area (Å²) in [6.45, 7) is 0. The second-order valence-corrected chi connectivity index (χ2v) is 5.60. The zero-order valence-electron chi connectivity index (χ0n) is 13.6. The fourth-order valence-corrected chi connectivity index (χ4v) is 2.68. The quantitative estimate of drug-likeness (QED) is 0.573. The van der Waals surface area contributed by atoms with Crippen molar-refractivity contribution < 1.29 is 9.13 Å². The van der Waals surface area contributed by atoms with E-state index >= 15 is 0 Å². The Morgan fingerprint density at radius 1 is 1.00 bits per heavy atom. The molecular weight excluding hydrogens is 319 g/mol. The van der Waals surface area contributed by atoms with Gasteiger partial charge in [-0.25, -0.2) is 9.37 Å². The van der Waals surface area contributed by atoms with Crippen LogP contribution in [0.4, 0.5) is 4.39 Å². The van der Waals surface area contributed by atoms with E-state index in [9.17, 15) is 4.39 Å². The van der Waals surface area contributed by atoms with E-state index in [1.807, 2.05) is 30.3 Å². The molecule has 0 radical (unpaired) electrons. The summed E-state index contributed by atoms with van der Waals surface area (Å²) in [4.78, 5) is 8.75. The molecule has 25 heavy (non-hydrogen) atoms. The van der Waals surface area contributed by atoms with Crippen LogP contribution >= 0.6 is 0 Å². The normalized spacial score (nSPS) is 11.0. The molecule has 0 spiro atoms. The number of hydrogen-bond donors (Lipinski definition) is 0. The minimum absolute atomic E-state index is 0.254. The first kappa shape index (κ1) is 15.3. The van der Waals surface area contributed by atoms with Gasteiger partial charge in [-0.15, -0.1) is 5.10 Å². The zero-order valence-corrected chi connectivity index (χ0v) is 13.6. The molecule has 0 saturated heterocycles. The van der Waals surface area contributed by atoms with Gasteiger partial charge in [0.2, 0.25) is 0 Å². The Morgan fingerprint density at radius 3 is 2.48 bits per heavy atom. The smallest absolute Gasteiger partial charge is 0.252 e. The Labute approximate surface area is 143 Å². The third kappa shape index (κ3) is 3.06. The first-order chi connectivity index (χ1) is 12.2. The molecule has 2 heterocycles. The van der Waals surface area contributed by atoms with E-state index in [1.165, 1.54) is 12.1 Å². The van der Waals surface area contributed by atoms with Crippen molar-refractivity contribution in [3.05, 3.63) is 78.0 Å². The lowest BCUT2D eigenvalue weighted by molar-refractivity contribution is 0.415. The summed E-state index contributed by atoms with van der Waals surface area (Å²) in [6, 6.07) is 16.0. The van der Waals surface area contributed by atoms with Crippen molar-refractivity contribution in [3.63, 3.8) is 0 Å². The van der Waals surface area contributed by atoms with Gasteiger partial charge < -0.3 is 4.74 Å². The van der Waals surface area contributed by atoms with Crippen LogP contribution < -0.4 is 4.74 Å². The van der Waals surface area contributed by atoms with E-state index in [0.717, 1.165) is 22.6 Å². The van der Waals surface area contributed by atoms with Gasteiger partial charge in [0.15, 0.2) is 5.82 Å². The molecule has 2 aromatic heterocycles. The van der Waals surface area contributed by atoms with Gasteiger partial charge in [0.25, 0.3) is 5.78 Å². The summed E-state index contributed by atoms with van der Waals surface area (Å²) >= 11 is 0. The lowest BCUT2D eigenvalue weighted by Crippen LogP contribution is -1.97. The Morgan fingerprint density at radius 2 is 1.76 bits per heavy atom. The molecule has 0 N–H and O–H groups in total. The van der Waals surface area contributed by atoms with Crippen molar-refractivity contribution in [2.75, 3.05) is 7.11 Å². The summed E-state index contributed by atoms with van der Waals surface area (Å²) in [6.07, 6.45) is 2.23. The number of benzene rings is 2. The standard InChI is InChI=1S/C19H15FN4O/c1-25-16-8-4-14(5-9-16)17-10-11-21-19-22-18(23-24(17)19)12-13-2-6-15(20)7-3-13/h2-11H,12H2,1H3. The number of fused-ring (bicyclic) bond motifs is 1. The predicted molar refractivity (Wildman–Crippen MR) is 92.0 cm³/mol. The fraction of sp³-hybridized carbons (Fsp3) is 0.105. The van der Waals surface area contributed by atoms with E-state index in [-0.39, 0.29) is 5.82 Å². The highest BCUT2D eigenvalue weighted by atomic mass is 19.1. The van der Waals surface area contributed by atoms with Crippen LogP contribution in [0.3, 0.4) is 0 Å². The van der Waals surface area contributed by atoms with Crippen molar-refractivity contribution in [1.82, 2.24) is 19.6 Å². The van der Waals surface area contributed by atoms with Crippen LogP contribution in [0.2, 0.25) is 0 Å². The summed E-state index contributed by atoms with van der Waals surface area (Å²) in [5.41, 5.74) is 2.83. The average molecular weight is 334 g/mol. The molecule has 0 aliphatic carbocycles. The van der Waals surface area contributed by atoms with Crippen LogP contribution in [0.25, 0.3) is 17.0 Å². The molecule has 0 unspecified atom stereocenters. The summed E-state index contributed by atoms with van der Waals surface area (Å²) < 4.78 is 20.0. The van der Waals surface area contributed by atoms with Crippen molar-refractivity contribution in [2.24, 2.45) is 0 Å². The first-order valence-corrected chi connectivity index (χ1v) is 7.82. The van der Waals surface area contributed by atoms with Gasteiger partial charge in [0.1, 0.15) is 11.6 Å². The first-order valence-electron chi connectivity index (χ1n) is 7.82. The Hall–Kier alpha value is -3.28. The number of methoxy groups -OCH3 is 1. The Kier molecular flexibility index (Phi) is 3.85. The van der Waals surface area contributed by atoms with Gasteiger partial charge in [-0.1, -0.05) is 12.1 Å². The topological polar surface area (TPSA) is 52.3 Å². The molecule has 0 bridgehead atoms. The lowest BCUT2D eigenvalue weighted by atomic mass is 10.1. The van der Waals surface area contributed by atoms with Gasteiger partial charge >= 0.3 is 0 Å². The molecule has 0 amide bonds. The number of rotatable bonds is 4. The highest BCUT2D eigenvalue weighted by Crippen LogP contribution is 2.22. The van der Waals surface area contributed by atoms with E-state index < -0.39 is 0 Å². The Balaban J connectivity index is 1.71. The molecule has 0 atom stereocenters. The summed E-state index contributed by atoms with van der Waals surface area (Å²) in [5.74, 6) is 1.71. The molecule has 5 nitrogen and oxygen atoms in total. The highest BCUT2D eigenvalue weighted by molar-refractivity contribution is 5.62. The van der Waals surface area contributed by atoms with Crippen LogP contribution in [-0.2, 0) is 6.42 Å². The van der Waals surface area contributed by atoms with E-state index in [4.69, 9.17) is 4.74 Å². The maximum Gasteiger partial charge on any atom is 0.252 e. The van der Waals surface area contributed by atoms with Crippen molar-refractivity contribution in [2.45, 2.75) is 6.42 Å².